The number of amides is 2. The van der Waals surface area contributed by atoms with Crippen LogP contribution in [-0.2, 0) is 4.79 Å². The van der Waals surface area contributed by atoms with Gasteiger partial charge in [0, 0.05) is 38.0 Å². The van der Waals surface area contributed by atoms with Crippen molar-refractivity contribution in [1.29, 1.82) is 0 Å². The van der Waals surface area contributed by atoms with Gasteiger partial charge in [0.2, 0.25) is 0 Å². The minimum Gasteiger partial charge on any atom is -0.486 e. The fraction of sp³-hybridized carbons (Fsp3) is 0.381. The number of dihydropyridines is 2. The molecule has 1 aromatic rings. The molecule has 0 aromatic carbocycles. The summed E-state index contributed by atoms with van der Waals surface area (Å²) in [5, 5.41) is 2.54. The Kier molecular flexibility index (Phi) is 5.10. The van der Waals surface area contributed by atoms with Gasteiger partial charge in [-0.15, -0.1) is 0 Å². The van der Waals surface area contributed by atoms with Crippen LogP contribution in [0.1, 0.15) is 24.3 Å². The third-order valence-corrected chi connectivity index (χ3v) is 5.41. The fourth-order valence-electron chi connectivity index (χ4n) is 3.50. The smallest absolute Gasteiger partial charge is 0.272 e. The molecule has 1 aromatic heterocycles. The molecule has 1 unspecified atom stereocenters. The summed E-state index contributed by atoms with van der Waals surface area (Å²) in [5.41, 5.74) is 2.74. The summed E-state index contributed by atoms with van der Waals surface area (Å²) in [4.78, 5) is 38.4. The SMILES string of the molecule is CNC(=O)c1ccc(O[C@H]2CN(CC3=CC4=NC(=O)C(C)=CC4N=C3)[C@@H]2C)cn1. The number of fused-ring (bicyclic) bond motifs is 1. The van der Waals surface area contributed by atoms with E-state index in [1.54, 1.807) is 32.3 Å². The summed E-state index contributed by atoms with van der Waals surface area (Å²) in [5.74, 6) is 0.234. The fourth-order valence-corrected chi connectivity index (χ4v) is 3.50. The molecule has 4 heterocycles. The van der Waals surface area contributed by atoms with Gasteiger partial charge in [0.25, 0.3) is 11.8 Å². The van der Waals surface area contributed by atoms with Crippen molar-refractivity contribution in [2.45, 2.75) is 32.0 Å². The number of aromatic nitrogens is 1. The largest absolute Gasteiger partial charge is 0.486 e. The highest BCUT2D eigenvalue weighted by atomic mass is 16.5. The van der Waals surface area contributed by atoms with Crippen molar-refractivity contribution in [2.75, 3.05) is 20.1 Å². The van der Waals surface area contributed by atoms with Gasteiger partial charge in [-0.1, -0.05) is 0 Å². The minimum absolute atomic E-state index is 0.0516. The van der Waals surface area contributed by atoms with Gasteiger partial charge in [-0.25, -0.2) is 9.98 Å². The van der Waals surface area contributed by atoms with Gasteiger partial charge in [-0.05, 0) is 43.7 Å². The Labute approximate surface area is 169 Å². The van der Waals surface area contributed by atoms with Gasteiger partial charge in [0.15, 0.2) is 0 Å². The molecule has 8 heteroatoms. The predicted molar refractivity (Wildman–Crippen MR) is 110 cm³/mol. The number of aliphatic imine (C=N–C) groups is 2. The zero-order valence-corrected chi connectivity index (χ0v) is 16.6. The molecule has 1 N–H and O–H groups in total. The summed E-state index contributed by atoms with van der Waals surface area (Å²) in [6.07, 6.45) is 7.31. The number of pyridine rings is 1. The summed E-state index contributed by atoms with van der Waals surface area (Å²) in [6.45, 7) is 5.37. The molecule has 2 amide bonds. The van der Waals surface area contributed by atoms with E-state index in [-0.39, 0.29) is 30.0 Å². The number of hydrogen-bond acceptors (Lipinski definition) is 6. The molecule has 0 aliphatic carbocycles. The van der Waals surface area contributed by atoms with Crippen molar-refractivity contribution < 1.29 is 14.3 Å². The molecule has 0 bridgehead atoms. The monoisotopic (exact) mass is 393 g/mol. The van der Waals surface area contributed by atoms with Crippen LogP contribution in [0, 0.1) is 0 Å². The molecular weight excluding hydrogens is 370 g/mol. The molecule has 0 saturated carbocycles. The minimum atomic E-state index is -0.223. The van der Waals surface area contributed by atoms with Crippen molar-refractivity contribution in [3.05, 3.63) is 47.3 Å². The van der Waals surface area contributed by atoms with Crippen LogP contribution >= 0.6 is 0 Å². The van der Waals surface area contributed by atoms with E-state index in [1.165, 1.54) is 0 Å². The Morgan fingerprint density at radius 1 is 1.38 bits per heavy atom. The molecule has 3 aliphatic rings. The lowest BCUT2D eigenvalue weighted by Crippen LogP contribution is -2.61. The molecule has 0 spiro atoms. The van der Waals surface area contributed by atoms with E-state index in [9.17, 15) is 9.59 Å². The molecule has 150 valence electrons. The van der Waals surface area contributed by atoms with Gasteiger partial charge >= 0.3 is 0 Å². The van der Waals surface area contributed by atoms with Crippen LogP contribution < -0.4 is 10.1 Å². The van der Waals surface area contributed by atoms with Gasteiger partial charge in [0.1, 0.15) is 23.6 Å². The Morgan fingerprint density at radius 2 is 2.21 bits per heavy atom. The first-order valence-corrected chi connectivity index (χ1v) is 9.58. The lowest BCUT2D eigenvalue weighted by molar-refractivity contribution is -0.114. The Balaban J connectivity index is 1.33. The van der Waals surface area contributed by atoms with Gasteiger partial charge < -0.3 is 10.1 Å². The molecule has 8 nitrogen and oxygen atoms in total. The predicted octanol–water partition coefficient (Wildman–Crippen LogP) is 1.20. The molecule has 0 radical (unpaired) electrons. The first-order valence-electron chi connectivity index (χ1n) is 9.58. The van der Waals surface area contributed by atoms with Crippen molar-refractivity contribution in [3.63, 3.8) is 0 Å². The zero-order chi connectivity index (χ0) is 20.5. The number of rotatable bonds is 5. The number of nitrogens with one attached hydrogen (secondary N) is 1. The van der Waals surface area contributed by atoms with E-state index in [2.05, 4.69) is 32.1 Å². The standard InChI is InChI=1S/C21H23N5O3/c1-12-6-17-18(25-20(12)27)7-14(8-23-17)10-26-11-19(13(26)2)29-15-4-5-16(24-9-15)21(28)22-3/h4-9,13,17,19H,10-11H2,1-3H3,(H,22,28)/t13-,17?,19+/m1/s1. The second kappa shape index (κ2) is 7.71. The van der Waals surface area contributed by atoms with E-state index in [0.717, 1.165) is 18.7 Å². The van der Waals surface area contributed by atoms with E-state index >= 15 is 0 Å². The van der Waals surface area contributed by atoms with Crippen LogP contribution in [0.3, 0.4) is 0 Å². The number of hydrogen-bond donors (Lipinski definition) is 1. The topological polar surface area (TPSA) is 96.2 Å². The summed E-state index contributed by atoms with van der Waals surface area (Å²) in [7, 11) is 1.57. The number of nitrogens with zero attached hydrogens (tertiary/aromatic N) is 4. The van der Waals surface area contributed by atoms with Gasteiger partial charge in [-0.3, -0.25) is 19.5 Å². The number of carbonyl (C=O) groups is 2. The average Bonchev–Trinajstić information content (AvgIpc) is 2.73. The quantitative estimate of drug-likeness (QED) is 0.811. The molecule has 29 heavy (non-hydrogen) atoms. The van der Waals surface area contributed by atoms with Crippen LogP contribution in [0.4, 0.5) is 0 Å². The number of likely N-dealkylation sites (tertiary alicyclic amines) is 1. The zero-order valence-electron chi connectivity index (χ0n) is 16.6. The highest BCUT2D eigenvalue weighted by molar-refractivity contribution is 6.16. The maximum atomic E-state index is 11.8. The van der Waals surface area contributed by atoms with Crippen molar-refractivity contribution in [1.82, 2.24) is 15.2 Å². The van der Waals surface area contributed by atoms with Gasteiger partial charge in [0.05, 0.1) is 11.9 Å². The maximum Gasteiger partial charge on any atom is 0.272 e. The third kappa shape index (κ3) is 3.88. The first-order chi connectivity index (χ1) is 13.9. The number of carbonyl (C=O) groups excluding carboxylic acids is 2. The first kappa shape index (κ1) is 19.2. The molecular formula is C21H23N5O3. The van der Waals surface area contributed by atoms with Crippen LogP contribution in [-0.4, -0.2) is 71.9 Å². The van der Waals surface area contributed by atoms with E-state index in [4.69, 9.17) is 4.74 Å². The molecule has 3 atom stereocenters. The molecule has 1 saturated heterocycles. The van der Waals surface area contributed by atoms with E-state index in [1.807, 2.05) is 18.4 Å². The van der Waals surface area contributed by atoms with Crippen LogP contribution in [0.25, 0.3) is 0 Å². The maximum absolute atomic E-state index is 11.8. The lowest BCUT2D eigenvalue weighted by atomic mass is 9.97. The summed E-state index contributed by atoms with van der Waals surface area (Å²) in [6, 6.07) is 3.48. The third-order valence-electron chi connectivity index (χ3n) is 5.41. The highest BCUT2D eigenvalue weighted by Gasteiger charge is 2.37. The normalized spacial score (nSPS) is 26.0. The van der Waals surface area contributed by atoms with Crippen molar-refractivity contribution in [2.24, 2.45) is 9.98 Å². The average molecular weight is 393 g/mol. The lowest BCUT2D eigenvalue weighted by Gasteiger charge is -2.46. The molecule has 1 fully saturated rings. The summed E-state index contributed by atoms with van der Waals surface area (Å²) < 4.78 is 6.00. The van der Waals surface area contributed by atoms with E-state index < -0.39 is 0 Å². The highest BCUT2D eigenvalue weighted by Crippen LogP contribution is 2.25. The van der Waals surface area contributed by atoms with Crippen molar-refractivity contribution in [3.8, 4) is 5.75 Å². The molecule has 3 aliphatic heterocycles. The Morgan fingerprint density at radius 3 is 2.90 bits per heavy atom. The Bertz CT molecular complexity index is 961. The Hall–Kier alpha value is -3.13. The van der Waals surface area contributed by atoms with Crippen LogP contribution in [0.2, 0.25) is 0 Å². The second-order valence-corrected chi connectivity index (χ2v) is 7.42. The van der Waals surface area contributed by atoms with E-state index in [0.29, 0.717) is 22.7 Å². The van der Waals surface area contributed by atoms with Crippen molar-refractivity contribution >= 4 is 23.7 Å². The second-order valence-electron chi connectivity index (χ2n) is 7.42. The van der Waals surface area contributed by atoms with Crippen LogP contribution in [0.5, 0.6) is 5.75 Å². The summed E-state index contributed by atoms with van der Waals surface area (Å²) >= 11 is 0. The number of ether oxygens (including phenoxy) is 1. The molecule has 4 rings (SSSR count). The van der Waals surface area contributed by atoms with Crippen LogP contribution in [0.15, 0.2) is 51.6 Å². The van der Waals surface area contributed by atoms with Gasteiger partial charge in [-0.2, -0.15) is 0 Å².